The number of rotatable bonds is 2. The number of hydrogen-bond donors (Lipinski definition) is 1. The summed E-state index contributed by atoms with van der Waals surface area (Å²) in [5.74, 6) is 0.709. The molecule has 0 amide bonds. The number of fused-ring (bicyclic) bond motifs is 1. The molecule has 0 bridgehead atoms. The smallest absolute Gasteiger partial charge is 0.0468 e. The third-order valence-corrected chi connectivity index (χ3v) is 5.29. The zero-order valence-electron chi connectivity index (χ0n) is 13.1. The molecule has 0 radical (unpaired) electrons. The summed E-state index contributed by atoms with van der Waals surface area (Å²) in [6, 6.07) is 10.8. The predicted molar refractivity (Wildman–Crippen MR) is 84.6 cm³/mol. The number of benzene rings is 1. The third-order valence-electron chi connectivity index (χ3n) is 5.29. The molecular formula is C18H28N2. The highest BCUT2D eigenvalue weighted by Crippen LogP contribution is 2.37. The molecule has 1 aliphatic heterocycles. The molecule has 4 unspecified atom stereocenters. The summed E-state index contributed by atoms with van der Waals surface area (Å²) >= 11 is 0. The first-order valence-electron chi connectivity index (χ1n) is 8.30. The molecule has 3 rings (SSSR count). The fourth-order valence-electron chi connectivity index (χ4n) is 3.99. The Balaban J connectivity index is 1.79. The first-order chi connectivity index (χ1) is 9.66. The van der Waals surface area contributed by atoms with Crippen molar-refractivity contribution >= 4 is 0 Å². The molecule has 1 saturated heterocycles. The summed E-state index contributed by atoms with van der Waals surface area (Å²) in [6.07, 6.45) is 6.57. The highest BCUT2D eigenvalue weighted by Gasteiger charge is 2.30. The topological polar surface area (TPSA) is 15.3 Å². The minimum atomic E-state index is 0.505. The highest BCUT2D eigenvalue weighted by molar-refractivity contribution is 5.34. The Hall–Kier alpha value is -0.860. The van der Waals surface area contributed by atoms with Crippen molar-refractivity contribution in [2.24, 2.45) is 0 Å². The summed E-state index contributed by atoms with van der Waals surface area (Å²) in [4.78, 5) is 0. The van der Waals surface area contributed by atoms with Crippen molar-refractivity contribution in [3.05, 3.63) is 35.4 Å². The Morgan fingerprint density at radius 2 is 1.55 bits per heavy atom. The number of piperidine rings is 1. The van der Waals surface area contributed by atoms with Gasteiger partial charge < -0.3 is 0 Å². The van der Waals surface area contributed by atoms with E-state index in [2.05, 4.69) is 55.5 Å². The van der Waals surface area contributed by atoms with E-state index in [-0.39, 0.29) is 0 Å². The fourth-order valence-corrected chi connectivity index (χ4v) is 3.99. The van der Waals surface area contributed by atoms with Crippen LogP contribution in [0.3, 0.4) is 0 Å². The molecule has 2 nitrogen and oxygen atoms in total. The molecule has 2 aliphatic rings. The van der Waals surface area contributed by atoms with E-state index in [1.165, 1.54) is 37.7 Å². The molecule has 1 aromatic carbocycles. The van der Waals surface area contributed by atoms with Crippen molar-refractivity contribution in [2.45, 2.75) is 76.9 Å². The molecule has 1 heterocycles. The molecule has 4 atom stereocenters. The van der Waals surface area contributed by atoms with E-state index < -0.39 is 0 Å². The van der Waals surface area contributed by atoms with Gasteiger partial charge in [-0.05, 0) is 56.6 Å². The van der Waals surface area contributed by atoms with Crippen molar-refractivity contribution in [1.29, 1.82) is 0 Å². The van der Waals surface area contributed by atoms with Gasteiger partial charge in [-0.1, -0.05) is 37.6 Å². The van der Waals surface area contributed by atoms with Crippen molar-refractivity contribution in [3.63, 3.8) is 0 Å². The average Bonchev–Trinajstić information content (AvgIpc) is 2.46. The first kappa shape index (κ1) is 14.1. The lowest BCUT2D eigenvalue weighted by molar-refractivity contribution is 0.0255. The third kappa shape index (κ3) is 2.64. The fraction of sp³-hybridized carbons (Fsp3) is 0.667. The number of nitrogens with one attached hydrogen (secondary N) is 1. The van der Waals surface area contributed by atoms with Crippen LogP contribution >= 0.6 is 0 Å². The van der Waals surface area contributed by atoms with Crippen LogP contribution in [0.1, 0.15) is 76.0 Å². The zero-order valence-corrected chi connectivity index (χ0v) is 13.1. The maximum absolute atomic E-state index is 3.87. The maximum Gasteiger partial charge on any atom is 0.0468 e. The quantitative estimate of drug-likeness (QED) is 0.859. The van der Waals surface area contributed by atoms with Gasteiger partial charge >= 0.3 is 0 Å². The summed E-state index contributed by atoms with van der Waals surface area (Å²) in [5, 5.41) is 2.53. The van der Waals surface area contributed by atoms with Gasteiger partial charge in [0.1, 0.15) is 0 Å². The van der Waals surface area contributed by atoms with Gasteiger partial charge in [0.05, 0.1) is 0 Å². The van der Waals surface area contributed by atoms with Crippen LogP contribution in [0.15, 0.2) is 24.3 Å². The second kappa shape index (κ2) is 5.87. The monoisotopic (exact) mass is 272 g/mol. The Morgan fingerprint density at radius 3 is 2.25 bits per heavy atom. The lowest BCUT2D eigenvalue weighted by Crippen LogP contribution is -2.53. The van der Waals surface area contributed by atoms with Gasteiger partial charge in [0, 0.05) is 18.1 Å². The molecule has 1 fully saturated rings. The molecule has 20 heavy (non-hydrogen) atoms. The van der Waals surface area contributed by atoms with Crippen LogP contribution in [0.5, 0.6) is 0 Å². The lowest BCUT2D eigenvalue weighted by Gasteiger charge is -2.43. The SMILES string of the molecule is CC1CCC(NN2C(C)CCCC2C)c2ccccc21. The summed E-state index contributed by atoms with van der Waals surface area (Å²) < 4.78 is 0. The molecular weight excluding hydrogens is 244 g/mol. The van der Waals surface area contributed by atoms with E-state index in [0.29, 0.717) is 24.0 Å². The van der Waals surface area contributed by atoms with E-state index in [1.54, 1.807) is 5.56 Å². The Morgan fingerprint density at radius 1 is 0.900 bits per heavy atom. The van der Waals surface area contributed by atoms with Crippen LogP contribution in [-0.4, -0.2) is 17.1 Å². The molecule has 0 aromatic heterocycles. The van der Waals surface area contributed by atoms with Crippen LogP contribution in [0.2, 0.25) is 0 Å². The van der Waals surface area contributed by atoms with Gasteiger partial charge in [0.2, 0.25) is 0 Å². The number of nitrogens with zero attached hydrogens (tertiary/aromatic N) is 1. The van der Waals surface area contributed by atoms with Crippen LogP contribution in [-0.2, 0) is 0 Å². The normalized spacial score (nSPS) is 34.8. The Bertz CT molecular complexity index is 446. The first-order valence-corrected chi connectivity index (χ1v) is 8.30. The van der Waals surface area contributed by atoms with Gasteiger partial charge in [-0.25, -0.2) is 10.4 Å². The maximum atomic E-state index is 3.87. The lowest BCUT2D eigenvalue weighted by atomic mass is 9.81. The highest BCUT2D eigenvalue weighted by atomic mass is 15.5. The van der Waals surface area contributed by atoms with Gasteiger partial charge in [-0.2, -0.15) is 0 Å². The van der Waals surface area contributed by atoms with Crippen LogP contribution < -0.4 is 5.43 Å². The standard InChI is InChI=1S/C18H28N2/c1-13-11-12-18(17-10-5-4-9-16(13)17)19-20-14(2)7-6-8-15(20)3/h4-5,9-10,13-15,18-19H,6-8,11-12H2,1-3H3. The summed E-state index contributed by atoms with van der Waals surface area (Å²) in [7, 11) is 0. The van der Waals surface area contributed by atoms with E-state index in [9.17, 15) is 0 Å². The van der Waals surface area contributed by atoms with Crippen molar-refractivity contribution in [2.75, 3.05) is 0 Å². The number of hydrogen-bond acceptors (Lipinski definition) is 2. The average molecular weight is 272 g/mol. The molecule has 1 aromatic rings. The minimum Gasteiger partial charge on any atom is -0.247 e. The van der Waals surface area contributed by atoms with Crippen LogP contribution in [0.4, 0.5) is 0 Å². The van der Waals surface area contributed by atoms with Gasteiger partial charge in [0.25, 0.3) is 0 Å². The molecule has 0 saturated carbocycles. The van der Waals surface area contributed by atoms with E-state index >= 15 is 0 Å². The Labute approximate surface area is 123 Å². The van der Waals surface area contributed by atoms with Gasteiger partial charge in [-0.15, -0.1) is 0 Å². The van der Waals surface area contributed by atoms with Gasteiger partial charge in [0.15, 0.2) is 0 Å². The summed E-state index contributed by atoms with van der Waals surface area (Å²) in [6.45, 7) is 7.08. The van der Waals surface area contributed by atoms with Crippen molar-refractivity contribution in [1.82, 2.24) is 10.4 Å². The second-order valence-electron chi connectivity index (χ2n) is 6.83. The van der Waals surface area contributed by atoms with Crippen LogP contribution in [0.25, 0.3) is 0 Å². The van der Waals surface area contributed by atoms with Crippen molar-refractivity contribution < 1.29 is 0 Å². The summed E-state index contributed by atoms with van der Waals surface area (Å²) in [5.41, 5.74) is 6.94. The molecule has 0 spiro atoms. The van der Waals surface area contributed by atoms with Crippen LogP contribution in [0, 0.1) is 0 Å². The van der Waals surface area contributed by atoms with Gasteiger partial charge in [-0.3, -0.25) is 0 Å². The number of hydrazine groups is 1. The Kier molecular flexibility index (Phi) is 4.13. The zero-order chi connectivity index (χ0) is 14.1. The van der Waals surface area contributed by atoms with Crippen molar-refractivity contribution in [3.8, 4) is 0 Å². The van der Waals surface area contributed by atoms with E-state index in [1.807, 2.05) is 0 Å². The second-order valence-corrected chi connectivity index (χ2v) is 6.83. The predicted octanol–water partition coefficient (Wildman–Crippen LogP) is 4.39. The molecule has 110 valence electrons. The molecule has 1 N–H and O–H groups in total. The molecule has 1 aliphatic carbocycles. The largest absolute Gasteiger partial charge is 0.247 e. The molecule has 2 heteroatoms. The minimum absolute atomic E-state index is 0.505. The van der Waals surface area contributed by atoms with E-state index in [0.717, 1.165) is 0 Å². The van der Waals surface area contributed by atoms with E-state index in [4.69, 9.17) is 0 Å².